The first-order valence-corrected chi connectivity index (χ1v) is 6.16. The molecule has 0 bridgehead atoms. The van der Waals surface area contributed by atoms with Crippen LogP contribution in [0.3, 0.4) is 0 Å². The van der Waals surface area contributed by atoms with Crippen LogP contribution in [0, 0.1) is 19.3 Å². The van der Waals surface area contributed by atoms with Crippen molar-refractivity contribution in [3.05, 3.63) is 34.9 Å². The minimum Gasteiger partial charge on any atom is -0.310 e. The van der Waals surface area contributed by atoms with Crippen LogP contribution >= 0.6 is 0 Å². The molecule has 0 aliphatic carbocycles. The lowest BCUT2D eigenvalue weighted by molar-refractivity contribution is 0.276. The summed E-state index contributed by atoms with van der Waals surface area (Å²) in [5.74, 6) is 0. The van der Waals surface area contributed by atoms with Gasteiger partial charge in [-0.1, -0.05) is 51.5 Å². The third-order valence-corrected chi connectivity index (χ3v) is 3.02. The lowest BCUT2D eigenvalue weighted by Crippen LogP contribution is -2.32. The van der Waals surface area contributed by atoms with Gasteiger partial charge < -0.3 is 5.32 Å². The van der Waals surface area contributed by atoms with Gasteiger partial charge in [-0.25, -0.2) is 0 Å². The van der Waals surface area contributed by atoms with E-state index in [1.807, 2.05) is 0 Å². The largest absolute Gasteiger partial charge is 0.310 e. The van der Waals surface area contributed by atoms with E-state index in [2.05, 4.69) is 65.1 Å². The molecule has 16 heavy (non-hydrogen) atoms. The maximum absolute atomic E-state index is 3.61. The van der Waals surface area contributed by atoms with Crippen LogP contribution in [0.15, 0.2) is 18.2 Å². The molecule has 0 heterocycles. The average Bonchev–Trinajstić information content (AvgIpc) is 2.17. The lowest BCUT2D eigenvalue weighted by Gasteiger charge is -2.33. The van der Waals surface area contributed by atoms with Gasteiger partial charge in [-0.2, -0.15) is 0 Å². The Labute approximate surface area is 100 Å². The zero-order valence-corrected chi connectivity index (χ0v) is 11.5. The summed E-state index contributed by atoms with van der Waals surface area (Å²) in [6, 6.07) is 7.15. The molecule has 0 radical (unpaired) electrons. The summed E-state index contributed by atoms with van der Waals surface area (Å²) in [4.78, 5) is 0. The number of hydrogen-bond acceptors (Lipinski definition) is 1. The Balaban J connectivity index is 3.15. The summed E-state index contributed by atoms with van der Waals surface area (Å²) >= 11 is 0. The number of benzene rings is 1. The molecule has 1 nitrogen and oxygen atoms in total. The number of hydrogen-bond donors (Lipinski definition) is 1. The van der Waals surface area contributed by atoms with Gasteiger partial charge in [0.25, 0.3) is 0 Å². The second-order valence-corrected chi connectivity index (χ2v) is 5.72. The van der Waals surface area contributed by atoms with Crippen molar-refractivity contribution in [1.29, 1.82) is 0 Å². The minimum absolute atomic E-state index is 0.245. The molecular formula is C15H25N. The van der Waals surface area contributed by atoms with Crippen LogP contribution in [-0.2, 0) is 0 Å². The molecule has 1 atom stereocenters. The Morgan fingerprint density at radius 1 is 1.19 bits per heavy atom. The highest BCUT2D eigenvalue weighted by atomic mass is 14.9. The van der Waals surface area contributed by atoms with E-state index >= 15 is 0 Å². The topological polar surface area (TPSA) is 12.0 Å². The average molecular weight is 219 g/mol. The molecule has 0 fully saturated rings. The van der Waals surface area contributed by atoms with E-state index in [0.29, 0.717) is 6.04 Å². The van der Waals surface area contributed by atoms with Gasteiger partial charge in [-0.3, -0.25) is 0 Å². The van der Waals surface area contributed by atoms with Crippen LogP contribution in [-0.4, -0.2) is 6.54 Å². The molecule has 1 aromatic rings. The van der Waals surface area contributed by atoms with Gasteiger partial charge in [0.2, 0.25) is 0 Å². The first-order valence-electron chi connectivity index (χ1n) is 6.16. The van der Waals surface area contributed by atoms with Crippen molar-refractivity contribution < 1.29 is 0 Å². The van der Waals surface area contributed by atoms with E-state index in [0.717, 1.165) is 6.54 Å². The summed E-state index contributed by atoms with van der Waals surface area (Å²) in [7, 11) is 0. The van der Waals surface area contributed by atoms with Crippen molar-refractivity contribution in [2.45, 2.75) is 47.6 Å². The second kappa shape index (κ2) is 5.01. The first kappa shape index (κ1) is 13.2. The fourth-order valence-corrected chi connectivity index (χ4v) is 2.16. The predicted octanol–water partition coefficient (Wildman–Crippen LogP) is 4.00. The molecule has 0 aliphatic rings. The molecule has 0 aromatic heterocycles. The number of aryl methyl sites for hydroxylation is 2. The van der Waals surface area contributed by atoms with Crippen molar-refractivity contribution in [1.82, 2.24) is 5.32 Å². The lowest BCUT2D eigenvalue weighted by atomic mass is 9.80. The molecule has 0 spiro atoms. The second-order valence-electron chi connectivity index (χ2n) is 5.72. The van der Waals surface area contributed by atoms with Crippen molar-refractivity contribution in [3.63, 3.8) is 0 Å². The molecule has 0 aliphatic heterocycles. The monoisotopic (exact) mass is 219 g/mol. The zero-order valence-electron chi connectivity index (χ0n) is 11.5. The highest BCUT2D eigenvalue weighted by molar-refractivity contribution is 5.34. The van der Waals surface area contributed by atoms with E-state index in [4.69, 9.17) is 0 Å². The van der Waals surface area contributed by atoms with Gasteiger partial charge in [0.05, 0.1) is 0 Å². The van der Waals surface area contributed by atoms with Crippen LogP contribution in [0.1, 0.15) is 50.4 Å². The predicted molar refractivity (Wildman–Crippen MR) is 71.8 cm³/mol. The first-order chi connectivity index (χ1) is 7.36. The Kier molecular flexibility index (Phi) is 4.15. The van der Waals surface area contributed by atoms with Gasteiger partial charge in [0.15, 0.2) is 0 Å². The van der Waals surface area contributed by atoms with Crippen LogP contribution in [0.4, 0.5) is 0 Å². The van der Waals surface area contributed by atoms with Gasteiger partial charge in [0.1, 0.15) is 0 Å². The van der Waals surface area contributed by atoms with E-state index < -0.39 is 0 Å². The standard InChI is InChI=1S/C15H25N/c1-7-16-14(15(4,5)6)13-10-11(2)8-9-12(13)3/h8-10,14,16H,7H2,1-6H3. The number of nitrogens with one attached hydrogen (secondary N) is 1. The maximum Gasteiger partial charge on any atom is 0.0371 e. The molecule has 0 saturated heterocycles. The fraction of sp³-hybridized carbons (Fsp3) is 0.600. The highest BCUT2D eigenvalue weighted by Gasteiger charge is 2.26. The Hall–Kier alpha value is -0.820. The quantitative estimate of drug-likeness (QED) is 0.810. The zero-order chi connectivity index (χ0) is 12.3. The van der Waals surface area contributed by atoms with Gasteiger partial charge in [-0.05, 0) is 36.9 Å². The van der Waals surface area contributed by atoms with Crippen molar-refractivity contribution in [3.8, 4) is 0 Å². The van der Waals surface area contributed by atoms with Crippen LogP contribution in [0.5, 0.6) is 0 Å². The summed E-state index contributed by atoms with van der Waals surface area (Å²) in [6.07, 6.45) is 0. The van der Waals surface area contributed by atoms with E-state index in [9.17, 15) is 0 Å². The SMILES string of the molecule is CCNC(c1cc(C)ccc1C)C(C)(C)C. The highest BCUT2D eigenvalue weighted by Crippen LogP contribution is 2.34. The normalized spacial score (nSPS) is 13.9. The summed E-state index contributed by atoms with van der Waals surface area (Å²) < 4.78 is 0. The van der Waals surface area contributed by atoms with Crippen molar-refractivity contribution in [2.75, 3.05) is 6.54 Å². The molecule has 1 rings (SSSR count). The van der Waals surface area contributed by atoms with Crippen LogP contribution in [0.25, 0.3) is 0 Å². The van der Waals surface area contributed by atoms with Gasteiger partial charge in [0, 0.05) is 6.04 Å². The van der Waals surface area contributed by atoms with E-state index in [1.54, 1.807) is 0 Å². The molecule has 90 valence electrons. The van der Waals surface area contributed by atoms with E-state index in [1.165, 1.54) is 16.7 Å². The Morgan fingerprint density at radius 2 is 1.81 bits per heavy atom. The molecule has 1 unspecified atom stereocenters. The Morgan fingerprint density at radius 3 is 2.31 bits per heavy atom. The van der Waals surface area contributed by atoms with E-state index in [-0.39, 0.29) is 5.41 Å². The molecule has 0 amide bonds. The summed E-state index contributed by atoms with van der Waals surface area (Å²) in [5, 5.41) is 3.61. The third-order valence-electron chi connectivity index (χ3n) is 3.02. The van der Waals surface area contributed by atoms with Crippen LogP contribution in [0.2, 0.25) is 0 Å². The summed E-state index contributed by atoms with van der Waals surface area (Å²) in [6.45, 7) is 14.4. The number of rotatable bonds is 3. The fourth-order valence-electron chi connectivity index (χ4n) is 2.16. The minimum atomic E-state index is 0.245. The van der Waals surface area contributed by atoms with Crippen molar-refractivity contribution in [2.24, 2.45) is 5.41 Å². The third kappa shape index (κ3) is 3.08. The molecule has 1 aromatic carbocycles. The molecule has 1 heteroatoms. The Bertz CT molecular complexity index is 347. The molecular weight excluding hydrogens is 194 g/mol. The molecule has 1 N–H and O–H groups in total. The molecule has 0 saturated carbocycles. The maximum atomic E-state index is 3.61. The summed E-state index contributed by atoms with van der Waals surface area (Å²) in [5.41, 5.74) is 4.41. The van der Waals surface area contributed by atoms with Gasteiger partial charge >= 0.3 is 0 Å². The van der Waals surface area contributed by atoms with Gasteiger partial charge in [-0.15, -0.1) is 0 Å². The van der Waals surface area contributed by atoms with Crippen molar-refractivity contribution >= 4 is 0 Å². The smallest absolute Gasteiger partial charge is 0.0371 e. The van der Waals surface area contributed by atoms with Crippen LogP contribution < -0.4 is 5.32 Å².